The summed E-state index contributed by atoms with van der Waals surface area (Å²) in [6.07, 6.45) is 0.791. The highest BCUT2D eigenvalue weighted by Gasteiger charge is 2.22. The minimum absolute atomic E-state index is 0.412. The fourth-order valence-electron chi connectivity index (χ4n) is 2.33. The maximum atomic E-state index is 12.7. The molecule has 0 radical (unpaired) electrons. The van der Waals surface area contributed by atoms with Crippen LogP contribution in [0, 0.1) is 11.3 Å². The van der Waals surface area contributed by atoms with Crippen LogP contribution in [0.1, 0.15) is 22.2 Å². The Morgan fingerprint density at radius 1 is 1.11 bits per heavy atom. The predicted molar refractivity (Wildman–Crippen MR) is 112 cm³/mol. The summed E-state index contributed by atoms with van der Waals surface area (Å²) in [5.41, 5.74) is 1.44. The van der Waals surface area contributed by atoms with E-state index in [-0.39, 0.29) is 0 Å². The highest BCUT2D eigenvalue weighted by molar-refractivity contribution is 7.12. The molecule has 0 unspecified atom stereocenters. The number of carbonyl (C=O) groups is 2. The molecule has 28 heavy (non-hydrogen) atoms. The summed E-state index contributed by atoms with van der Waals surface area (Å²) in [6.45, 7) is 1.52. The van der Waals surface area contributed by atoms with E-state index in [0.29, 0.717) is 16.8 Å². The van der Waals surface area contributed by atoms with Crippen LogP contribution in [0.5, 0.6) is 0 Å². The smallest absolute Gasteiger partial charge is 0.340 e. The van der Waals surface area contributed by atoms with Crippen LogP contribution in [0.25, 0.3) is 11.6 Å². The number of carbonyl (C=O) groups excluding carboxylic acids is 2. The fourth-order valence-corrected chi connectivity index (χ4v) is 3.72. The van der Waals surface area contributed by atoms with Gasteiger partial charge in [0.1, 0.15) is 0 Å². The Labute approximate surface area is 170 Å². The van der Waals surface area contributed by atoms with E-state index in [2.05, 4.69) is 5.32 Å². The van der Waals surface area contributed by atoms with Gasteiger partial charge in [-0.2, -0.15) is 5.26 Å². The molecule has 1 N–H and O–H groups in total. The van der Waals surface area contributed by atoms with Crippen molar-refractivity contribution in [3.8, 4) is 6.07 Å². The molecule has 0 bridgehead atoms. The molecule has 0 saturated heterocycles. The first-order valence-electron chi connectivity index (χ1n) is 8.38. The van der Waals surface area contributed by atoms with Gasteiger partial charge in [-0.05, 0) is 60.2 Å². The predicted octanol–water partition coefficient (Wildman–Crippen LogP) is 4.79. The summed E-state index contributed by atoms with van der Waals surface area (Å²) < 4.78 is 5.40. The van der Waals surface area contributed by atoms with Gasteiger partial charge in [-0.15, -0.1) is 22.7 Å². The highest BCUT2D eigenvalue weighted by atomic mass is 32.1. The van der Waals surface area contributed by atoms with Crippen LogP contribution < -0.4 is 5.32 Å². The lowest BCUT2D eigenvalue weighted by Gasteiger charge is -2.14. The Morgan fingerprint density at radius 3 is 2.43 bits per heavy atom. The molecule has 0 spiro atoms. The SMILES string of the molecule is C[C@H](OC(=O)/C(=C/c1cccs1)c1cccs1)C(=O)Nc1ccc(C#N)cc1. The van der Waals surface area contributed by atoms with Crippen LogP contribution in [0.3, 0.4) is 0 Å². The Hall–Kier alpha value is -3.21. The van der Waals surface area contributed by atoms with Crippen molar-refractivity contribution in [1.29, 1.82) is 5.26 Å². The molecular weight excluding hydrogens is 392 g/mol. The standard InChI is InChI=1S/C21H16N2O3S2/c1-14(20(24)23-16-8-6-15(13-22)7-9-16)26-21(25)18(19-5-3-11-28-19)12-17-4-2-10-27-17/h2-12,14H,1H3,(H,23,24)/b18-12+/t14-/m0/s1. The van der Waals surface area contributed by atoms with Gasteiger partial charge in [-0.25, -0.2) is 4.79 Å². The number of nitriles is 1. The van der Waals surface area contributed by atoms with E-state index in [1.54, 1.807) is 30.3 Å². The molecule has 2 heterocycles. The van der Waals surface area contributed by atoms with Crippen molar-refractivity contribution in [2.45, 2.75) is 13.0 Å². The van der Waals surface area contributed by atoms with Gasteiger partial charge in [-0.1, -0.05) is 12.1 Å². The number of hydrogen-bond acceptors (Lipinski definition) is 6. The van der Waals surface area contributed by atoms with Crippen molar-refractivity contribution in [2.24, 2.45) is 0 Å². The fraction of sp³-hybridized carbons (Fsp3) is 0.0952. The van der Waals surface area contributed by atoms with Gasteiger partial charge < -0.3 is 10.1 Å². The van der Waals surface area contributed by atoms with E-state index in [9.17, 15) is 9.59 Å². The van der Waals surface area contributed by atoms with Crippen LogP contribution in [0.2, 0.25) is 0 Å². The molecule has 3 rings (SSSR count). The van der Waals surface area contributed by atoms with E-state index < -0.39 is 18.0 Å². The van der Waals surface area contributed by atoms with Gasteiger partial charge >= 0.3 is 5.97 Å². The third kappa shape index (κ3) is 4.94. The number of amides is 1. The van der Waals surface area contributed by atoms with Crippen molar-refractivity contribution in [2.75, 3.05) is 5.32 Å². The average Bonchev–Trinajstić information content (AvgIpc) is 3.40. The summed E-state index contributed by atoms with van der Waals surface area (Å²) in [4.78, 5) is 26.8. The average molecular weight is 409 g/mol. The summed E-state index contributed by atoms with van der Waals surface area (Å²) in [7, 11) is 0. The zero-order valence-electron chi connectivity index (χ0n) is 14.9. The van der Waals surface area contributed by atoms with Gasteiger partial charge in [0.15, 0.2) is 6.10 Å². The number of esters is 1. The first-order valence-corrected chi connectivity index (χ1v) is 10.1. The quantitative estimate of drug-likeness (QED) is 0.470. The molecule has 0 aliphatic heterocycles. The van der Waals surface area contributed by atoms with Crippen LogP contribution in [0.15, 0.2) is 59.3 Å². The molecule has 140 valence electrons. The Bertz CT molecular complexity index is 1010. The number of anilines is 1. The molecular formula is C21H16N2O3S2. The molecule has 2 aromatic heterocycles. The highest BCUT2D eigenvalue weighted by Crippen LogP contribution is 2.26. The largest absolute Gasteiger partial charge is 0.449 e. The molecule has 1 atom stereocenters. The molecule has 0 aliphatic rings. The minimum Gasteiger partial charge on any atom is -0.449 e. The van der Waals surface area contributed by atoms with E-state index in [0.717, 1.165) is 9.75 Å². The van der Waals surface area contributed by atoms with Crippen LogP contribution in [-0.4, -0.2) is 18.0 Å². The number of nitrogens with one attached hydrogen (secondary N) is 1. The summed E-state index contributed by atoms with van der Waals surface area (Å²) >= 11 is 2.95. The maximum absolute atomic E-state index is 12.7. The number of hydrogen-bond donors (Lipinski definition) is 1. The Morgan fingerprint density at radius 2 is 1.82 bits per heavy atom. The first kappa shape index (κ1) is 19.5. The third-order valence-electron chi connectivity index (χ3n) is 3.77. The Balaban J connectivity index is 1.70. The van der Waals surface area contributed by atoms with Gasteiger partial charge in [0.2, 0.25) is 0 Å². The van der Waals surface area contributed by atoms with Crippen molar-refractivity contribution >= 4 is 51.9 Å². The molecule has 5 nitrogen and oxygen atoms in total. The normalized spacial score (nSPS) is 12.1. The van der Waals surface area contributed by atoms with Crippen molar-refractivity contribution in [1.82, 2.24) is 0 Å². The maximum Gasteiger partial charge on any atom is 0.340 e. The number of benzene rings is 1. The second-order valence-corrected chi connectivity index (χ2v) is 7.70. The molecule has 7 heteroatoms. The van der Waals surface area contributed by atoms with E-state index in [1.807, 2.05) is 41.1 Å². The topological polar surface area (TPSA) is 79.2 Å². The molecule has 1 amide bonds. The van der Waals surface area contributed by atoms with Crippen molar-refractivity contribution in [3.63, 3.8) is 0 Å². The lowest BCUT2D eigenvalue weighted by atomic mass is 10.2. The summed E-state index contributed by atoms with van der Waals surface area (Å²) in [6, 6.07) is 16.0. The molecule has 0 aliphatic carbocycles. The van der Waals surface area contributed by atoms with Crippen molar-refractivity contribution in [3.05, 3.63) is 74.6 Å². The van der Waals surface area contributed by atoms with Gasteiger partial charge in [0.25, 0.3) is 5.91 Å². The van der Waals surface area contributed by atoms with Crippen molar-refractivity contribution < 1.29 is 14.3 Å². The van der Waals surface area contributed by atoms with Gasteiger partial charge in [0, 0.05) is 15.4 Å². The lowest BCUT2D eigenvalue weighted by Crippen LogP contribution is -2.30. The van der Waals surface area contributed by atoms with Crippen LogP contribution >= 0.6 is 22.7 Å². The summed E-state index contributed by atoms with van der Waals surface area (Å²) in [5.74, 6) is -1.00. The van der Waals surface area contributed by atoms with E-state index >= 15 is 0 Å². The second-order valence-electron chi connectivity index (χ2n) is 5.78. The molecule has 0 saturated carbocycles. The minimum atomic E-state index is -0.977. The van der Waals surface area contributed by atoms with E-state index in [1.165, 1.54) is 29.6 Å². The zero-order chi connectivity index (χ0) is 19.9. The number of rotatable bonds is 6. The van der Waals surface area contributed by atoms with Gasteiger partial charge in [-0.3, -0.25) is 4.79 Å². The number of nitrogens with zero attached hydrogens (tertiary/aromatic N) is 1. The van der Waals surface area contributed by atoms with Gasteiger partial charge in [0.05, 0.1) is 17.2 Å². The summed E-state index contributed by atoms with van der Waals surface area (Å²) in [5, 5.41) is 15.3. The number of thiophene rings is 2. The molecule has 0 fully saturated rings. The first-order chi connectivity index (χ1) is 13.6. The zero-order valence-corrected chi connectivity index (χ0v) is 16.5. The van der Waals surface area contributed by atoms with Crippen LogP contribution in [0.4, 0.5) is 5.69 Å². The lowest BCUT2D eigenvalue weighted by molar-refractivity contribution is -0.147. The Kier molecular flexibility index (Phi) is 6.37. The second kappa shape index (κ2) is 9.13. The number of ether oxygens (including phenoxy) is 1. The molecule has 1 aromatic carbocycles. The monoisotopic (exact) mass is 408 g/mol. The van der Waals surface area contributed by atoms with E-state index in [4.69, 9.17) is 10.00 Å². The van der Waals surface area contributed by atoms with Crippen LogP contribution in [-0.2, 0) is 14.3 Å². The third-order valence-corrected chi connectivity index (χ3v) is 5.49. The molecule has 3 aromatic rings.